The summed E-state index contributed by atoms with van der Waals surface area (Å²) in [5.41, 5.74) is 1.87. The molecule has 2 aromatic rings. The van der Waals surface area contributed by atoms with Crippen LogP contribution in [0.2, 0.25) is 0 Å². The van der Waals surface area contributed by atoms with Gasteiger partial charge in [0.15, 0.2) is 5.69 Å². The standard InChI is InChI=1S/C19H27N5O2.ClH/c1-13(2)12-26-17-6-4-5-15(11-17)21-19(25)18-14(3)24(23-22-18)16-7-9-20-10-8-16;/h4-6,11,13,16,20H,7-10,12H2,1-3H3,(H,21,25);1H. The van der Waals surface area contributed by atoms with Crippen molar-refractivity contribution in [1.82, 2.24) is 20.3 Å². The maximum atomic E-state index is 12.6. The second kappa shape index (κ2) is 9.71. The van der Waals surface area contributed by atoms with Gasteiger partial charge in [-0.2, -0.15) is 0 Å². The summed E-state index contributed by atoms with van der Waals surface area (Å²) >= 11 is 0. The van der Waals surface area contributed by atoms with Gasteiger partial charge < -0.3 is 15.4 Å². The Kier molecular flexibility index (Phi) is 7.62. The van der Waals surface area contributed by atoms with Gasteiger partial charge in [-0.1, -0.05) is 25.1 Å². The topological polar surface area (TPSA) is 81.1 Å². The summed E-state index contributed by atoms with van der Waals surface area (Å²) in [4.78, 5) is 12.6. The van der Waals surface area contributed by atoms with E-state index in [0.717, 1.165) is 37.4 Å². The molecule has 0 atom stereocenters. The Labute approximate surface area is 166 Å². The van der Waals surface area contributed by atoms with Gasteiger partial charge in [-0.25, -0.2) is 4.68 Å². The third-order valence-corrected chi connectivity index (χ3v) is 4.47. The summed E-state index contributed by atoms with van der Waals surface area (Å²) in [7, 11) is 0. The smallest absolute Gasteiger partial charge is 0.278 e. The summed E-state index contributed by atoms with van der Waals surface area (Å²) < 4.78 is 7.60. The van der Waals surface area contributed by atoms with Crippen LogP contribution < -0.4 is 15.4 Å². The van der Waals surface area contributed by atoms with Crippen molar-refractivity contribution in [3.63, 3.8) is 0 Å². The molecular formula is C19H28ClN5O2. The van der Waals surface area contributed by atoms with Crippen molar-refractivity contribution in [2.24, 2.45) is 5.92 Å². The Morgan fingerprint density at radius 1 is 1.37 bits per heavy atom. The van der Waals surface area contributed by atoms with Crippen molar-refractivity contribution in [1.29, 1.82) is 0 Å². The molecule has 1 aliphatic heterocycles. The quantitative estimate of drug-likeness (QED) is 0.787. The molecule has 27 heavy (non-hydrogen) atoms. The first-order valence-corrected chi connectivity index (χ1v) is 9.21. The van der Waals surface area contributed by atoms with Gasteiger partial charge in [-0.3, -0.25) is 4.79 Å². The molecule has 0 bridgehead atoms. The fraction of sp³-hybridized carbons (Fsp3) is 0.526. The maximum absolute atomic E-state index is 12.6. The lowest BCUT2D eigenvalue weighted by molar-refractivity contribution is 0.102. The molecule has 0 aliphatic carbocycles. The molecule has 7 nitrogen and oxygen atoms in total. The molecule has 2 N–H and O–H groups in total. The summed E-state index contributed by atoms with van der Waals surface area (Å²) in [5, 5.41) is 14.6. The number of nitrogens with zero attached hydrogens (tertiary/aromatic N) is 3. The SMILES string of the molecule is Cc1c(C(=O)Nc2cccc(OCC(C)C)c2)nnn1C1CCNCC1.Cl. The number of benzene rings is 1. The second-order valence-corrected chi connectivity index (χ2v) is 7.14. The van der Waals surface area contributed by atoms with Gasteiger partial charge in [0.2, 0.25) is 0 Å². The van der Waals surface area contributed by atoms with Gasteiger partial charge in [0.05, 0.1) is 18.3 Å². The second-order valence-electron chi connectivity index (χ2n) is 7.14. The largest absolute Gasteiger partial charge is 0.493 e. The number of carbonyl (C=O) groups excluding carboxylic acids is 1. The average Bonchev–Trinajstić information content (AvgIpc) is 3.02. The van der Waals surface area contributed by atoms with E-state index in [1.54, 1.807) is 0 Å². The zero-order valence-electron chi connectivity index (χ0n) is 16.1. The minimum absolute atomic E-state index is 0. The molecule has 1 aromatic carbocycles. The van der Waals surface area contributed by atoms with Gasteiger partial charge in [-0.15, -0.1) is 17.5 Å². The van der Waals surface area contributed by atoms with E-state index in [1.165, 1.54) is 0 Å². The molecule has 1 fully saturated rings. The van der Waals surface area contributed by atoms with Crippen LogP contribution in [0.4, 0.5) is 5.69 Å². The number of anilines is 1. The number of piperidine rings is 1. The van der Waals surface area contributed by atoms with E-state index in [0.29, 0.717) is 29.9 Å². The average molecular weight is 394 g/mol. The Morgan fingerprint density at radius 3 is 2.81 bits per heavy atom. The van der Waals surface area contributed by atoms with Crippen molar-refractivity contribution in [3.05, 3.63) is 35.7 Å². The molecule has 1 aliphatic rings. The van der Waals surface area contributed by atoms with Crippen LogP contribution in [0.15, 0.2) is 24.3 Å². The molecule has 0 radical (unpaired) electrons. The zero-order chi connectivity index (χ0) is 18.5. The van der Waals surface area contributed by atoms with Gasteiger partial charge in [0.25, 0.3) is 5.91 Å². The van der Waals surface area contributed by atoms with Crippen LogP contribution in [0.3, 0.4) is 0 Å². The Balaban J connectivity index is 0.00000261. The van der Waals surface area contributed by atoms with Crippen LogP contribution in [0.1, 0.15) is 48.9 Å². The van der Waals surface area contributed by atoms with Crippen LogP contribution in [-0.2, 0) is 0 Å². The van der Waals surface area contributed by atoms with Crippen LogP contribution >= 0.6 is 12.4 Å². The van der Waals surface area contributed by atoms with E-state index in [4.69, 9.17) is 4.74 Å². The molecule has 2 heterocycles. The molecule has 3 rings (SSSR count). The highest BCUT2D eigenvalue weighted by molar-refractivity contribution is 6.03. The number of aromatic nitrogens is 3. The summed E-state index contributed by atoms with van der Waals surface area (Å²) in [6, 6.07) is 7.72. The van der Waals surface area contributed by atoms with Crippen LogP contribution in [0, 0.1) is 12.8 Å². The first-order valence-electron chi connectivity index (χ1n) is 9.21. The monoisotopic (exact) mass is 393 g/mol. The first-order chi connectivity index (χ1) is 12.5. The van der Waals surface area contributed by atoms with Crippen molar-refractivity contribution >= 4 is 24.0 Å². The molecular weight excluding hydrogens is 366 g/mol. The van der Waals surface area contributed by atoms with E-state index < -0.39 is 0 Å². The lowest BCUT2D eigenvalue weighted by Crippen LogP contribution is -2.30. The van der Waals surface area contributed by atoms with E-state index in [1.807, 2.05) is 35.9 Å². The van der Waals surface area contributed by atoms with Crippen LogP contribution in [0.25, 0.3) is 0 Å². The fourth-order valence-electron chi connectivity index (χ4n) is 3.07. The maximum Gasteiger partial charge on any atom is 0.278 e. The molecule has 8 heteroatoms. The summed E-state index contributed by atoms with van der Waals surface area (Å²) in [5.74, 6) is 0.941. The van der Waals surface area contributed by atoms with Gasteiger partial charge in [-0.05, 0) is 50.9 Å². The molecule has 0 unspecified atom stereocenters. The number of hydrogen-bond donors (Lipinski definition) is 2. The fourth-order valence-corrected chi connectivity index (χ4v) is 3.07. The van der Waals surface area contributed by atoms with E-state index in [-0.39, 0.29) is 18.3 Å². The van der Waals surface area contributed by atoms with E-state index in [9.17, 15) is 4.79 Å². The summed E-state index contributed by atoms with van der Waals surface area (Å²) in [6.07, 6.45) is 2.00. The molecule has 0 saturated carbocycles. The van der Waals surface area contributed by atoms with Crippen LogP contribution in [0.5, 0.6) is 5.75 Å². The Hall–Kier alpha value is -2.12. The zero-order valence-corrected chi connectivity index (χ0v) is 16.9. The number of halogens is 1. The number of nitrogens with one attached hydrogen (secondary N) is 2. The molecule has 1 amide bonds. The van der Waals surface area contributed by atoms with Gasteiger partial charge in [0.1, 0.15) is 5.75 Å². The minimum Gasteiger partial charge on any atom is -0.493 e. The minimum atomic E-state index is -0.247. The number of hydrogen-bond acceptors (Lipinski definition) is 5. The number of rotatable bonds is 6. The van der Waals surface area contributed by atoms with Crippen LogP contribution in [-0.4, -0.2) is 40.6 Å². The van der Waals surface area contributed by atoms with Crippen molar-refractivity contribution in [2.75, 3.05) is 25.0 Å². The third kappa shape index (κ3) is 5.43. The van der Waals surface area contributed by atoms with Gasteiger partial charge in [0, 0.05) is 11.8 Å². The third-order valence-electron chi connectivity index (χ3n) is 4.47. The first kappa shape index (κ1) is 21.2. The van der Waals surface area contributed by atoms with E-state index >= 15 is 0 Å². The highest BCUT2D eigenvalue weighted by Crippen LogP contribution is 2.22. The Bertz CT molecular complexity index is 756. The number of ether oxygens (including phenoxy) is 1. The number of carbonyl (C=O) groups is 1. The molecule has 148 valence electrons. The lowest BCUT2D eigenvalue weighted by Gasteiger charge is -2.23. The molecule has 1 saturated heterocycles. The molecule has 0 spiro atoms. The predicted octanol–water partition coefficient (Wildman–Crippen LogP) is 3.22. The van der Waals surface area contributed by atoms with Gasteiger partial charge >= 0.3 is 0 Å². The normalized spacial score (nSPS) is 14.7. The van der Waals surface area contributed by atoms with Crippen molar-refractivity contribution in [2.45, 2.75) is 39.7 Å². The number of amides is 1. The van der Waals surface area contributed by atoms with Crippen molar-refractivity contribution in [3.8, 4) is 5.75 Å². The van der Waals surface area contributed by atoms with E-state index in [2.05, 4.69) is 34.8 Å². The summed E-state index contributed by atoms with van der Waals surface area (Å²) in [6.45, 7) is 8.67. The Morgan fingerprint density at radius 2 is 2.11 bits per heavy atom. The highest BCUT2D eigenvalue weighted by atomic mass is 35.5. The predicted molar refractivity (Wildman–Crippen MR) is 108 cm³/mol. The van der Waals surface area contributed by atoms with Crippen molar-refractivity contribution < 1.29 is 9.53 Å². The molecule has 1 aromatic heterocycles. The lowest BCUT2D eigenvalue weighted by atomic mass is 10.1. The highest BCUT2D eigenvalue weighted by Gasteiger charge is 2.23.